The van der Waals surface area contributed by atoms with Crippen molar-refractivity contribution in [3.63, 3.8) is 0 Å². The number of aliphatic carboxylic acids is 1. The Bertz CT molecular complexity index is 1030. The second kappa shape index (κ2) is 11.0. The molecule has 1 aromatic heterocycles. The SMILES string of the molecule is NC(=O)CCC(Sc1nnn[nH]1)C1=C(C(=O)O)N2C(=O)C(NC(=O)C[S+]([O-])CC(F)(F)F)[C@@H]2SC1. The summed E-state index contributed by atoms with van der Waals surface area (Å²) in [5.41, 5.74) is 5.21. The Balaban J connectivity index is 1.76. The summed E-state index contributed by atoms with van der Waals surface area (Å²) in [6.07, 6.45) is -4.66. The number of carbonyl (C=O) groups is 4. The lowest BCUT2D eigenvalue weighted by Crippen LogP contribution is -2.71. The fourth-order valence-electron chi connectivity index (χ4n) is 3.40. The molecule has 13 nitrogen and oxygen atoms in total. The van der Waals surface area contributed by atoms with Crippen LogP contribution in [0.2, 0.25) is 0 Å². The first kappa shape index (κ1) is 27.1. The second-order valence-corrected chi connectivity index (χ2v) is 11.0. The fraction of sp³-hybridized carbons (Fsp3) is 0.562. The first-order valence-electron chi connectivity index (χ1n) is 9.68. The van der Waals surface area contributed by atoms with Crippen LogP contribution >= 0.6 is 23.5 Å². The van der Waals surface area contributed by atoms with Gasteiger partial charge in [-0.25, -0.2) is 9.89 Å². The number of fused-ring (bicyclic) bond motifs is 1. The van der Waals surface area contributed by atoms with Crippen LogP contribution in [0.4, 0.5) is 13.2 Å². The van der Waals surface area contributed by atoms with E-state index in [-0.39, 0.29) is 29.4 Å². The van der Waals surface area contributed by atoms with E-state index in [1.165, 1.54) is 0 Å². The van der Waals surface area contributed by atoms with Gasteiger partial charge in [0.2, 0.25) is 16.8 Å². The van der Waals surface area contributed by atoms with Crippen LogP contribution < -0.4 is 11.1 Å². The molecule has 3 amide bonds. The zero-order valence-electron chi connectivity index (χ0n) is 17.5. The van der Waals surface area contributed by atoms with Gasteiger partial charge in [-0.1, -0.05) is 11.8 Å². The molecule has 0 aromatic carbocycles. The Morgan fingerprint density at radius 2 is 2.14 bits per heavy atom. The Hall–Kier alpha value is -2.51. The molecular weight excluding hydrogens is 539 g/mol. The van der Waals surface area contributed by atoms with Gasteiger partial charge in [0.05, 0.1) is 0 Å². The van der Waals surface area contributed by atoms with Crippen LogP contribution in [0.15, 0.2) is 16.4 Å². The number of nitrogens with zero attached hydrogens (tertiary/aromatic N) is 4. The third kappa shape index (κ3) is 6.79. The number of hydrogen-bond acceptors (Lipinski definition) is 10. The van der Waals surface area contributed by atoms with Crippen molar-refractivity contribution in [2.24, 2.45) is 5.73 Å². The number of tetrazole rings is 1. The zero-order valence-corrected chi connectivity index (χ0v) is 19.9. The van der Waals surface area contributed by atoms with E-state index in [0.29, 0.717) is 5.57 Å². The summed E-state index contributed by atoms with van der Waals surface area (Å²) < 4.78 is 48.5. The monoisotopic (exact) mass is 557 g/mol. The molecule has 1 fully saturated rings. The number of alkyl halides is 3. The highest BCUT2D eigenvalue weighted by molar-refractivity contribution is 8.01. The van der Waals surface area contributed by atoms with Crippen molar-refractivity contribution < 1.29 is 42.0 Å². The van der Waals surface area contributed by atoms with Gasteiger partial charge < -0.3 is 20.7 Å². The third-order valence-electron chi connectivity index (χ3n) is 4.75. The predicted molar refractivity (Wildman–Crippen MR) is 116 cm³/mol. The number of H-pyrrole nitrogens is 1. The summed E-state index contributed by atoms with van der Waals surface area (Å²) in [5, 5.41) is 24.0. The molecule has 192 valence electrons. The number of aromatic amines is 1. The minimum absolute atomic E-state index is 0.0780. The van der Waals surface area contributed by atoms with E-state index in [0.717, 1.165) is 28.4 Å². The average Bonchev–Trinajstić information content (AvgIpc) is 3.25. The van der Waals surface area contributed by atoms with Gasteiger partial charge in [0.15, 0.2) is 5.75 Å². The number of halogens is 3. The smallest absolute Gasteiger partial charge is 0.433 e. The van der Waals surface area contributed by atoms with Gasteiger partial charge >= 0.3 is 12.1 Å². The van der Waals surface area contributed by atoms with Gasteiger partial charge in [0.25, 0.3) is 11.8 Å². The minimum atomic E-state index is -4.71. The maximum absolute atomic E-state index is 12.7. The van der Waals surface area contributed by atoms with Crippen LogP contribution in [-0.2, 0) is 30.4 Å². The molecule has 3 heterocycles. The number of carboxylic acids is 1. The lowest BCUT2D eigenvalue weighted by atomic mass is 9.99. The maximum Gasteiger partial charge on any atom is 0.433 e. The van der Waals surface area contributed by atoms with Gasteiger partial charge in [-0.05, 0) is 33.6 Å². The number of primary amides is 1. The van der Waals surface area contributed by atoms with Crippen LogP contribution in [0, 0.1) is 0 Å². The average molecular weight is 558 g/mol. The molecule has 0 spiro atoms. The molecule has 4 atom stereocenters. The number of rotatable bonds is 11. The first-order valence-corrected chi connectivity index (χ1v) is 13.1. The van der Waals surface area contributed by atoms with Crippen molar-refractivity contribution in [2.75, 3.05) is 17.3 Å². The van der Waals surface area contributed by atoms with E-state index in [4.69, 9.17) is 5.73 Å². The summed E-state index contributed by atoms with van der Waals surface area (Å²) in [7, 11) is 0. The molecule has 35 heavy (non-hydrogen) atoms. The Morgan fingerprint density at radius 3 is 2.71 bits per heavy atom. The van der Waals surface area contributed by atoms with Gasteiger partial charge in [-0.3, -0.25) is 19.3 Å². The molecule has 0 saturated carbocycles. The van der Waals surface area contributed by atoms with Crippen molar-refractivity contribution in [3.05, 3.63) is 11.3 Å². The third-order valence-corrected chi connectivity index (χ3v) is 8.49. The molecule has 3 unspecified atom stereocenters. The van der Waals surface area contributed by atoms with E-state index < -0.39 is 69.2 Å². The standard InChI is InChI=1S/C16H18F3N7O6S3/c17-16(18,19)5-35(32)4-9(28)21-10-12(29)26-11(14(30)31)6(3-33-13(10)26)7(1-2-8(20)27)34-15-22-24-25-23-15/h7,10,13H,1-5H2,(H2,20,27)(H,21,28)(H,30,31)(H,22,23,24,25)/t7?,10?,13-,35?/m0/s1. The van der Waals surface area contributed by atoms with E-state index in [1.54, 1.807) is 0 Å². The van der Waals surface area contributed by atoms with Gasteiger partial charge in [-0.15, -0.1) is 16.9 Å². The lowest BCUT2D eigenvalue weighted by Gasteiger charge is -2.50. The van der Waals surface area contributed by atoms with Crippen LogP contribution in [0.25, 0.3) is 0 Å². The van der Waals surface area contributed by atoms with E-state index in [2.05, 4.69) is 25.9 Å². The van der Waals surface area contributed by atoms with E-state index >= 15 is 0 Å². The van der Waals surface area contributed by atoms with Gasteiger partial charge in [0.1, 0.15) is 17.1 Å². The molecule has 5 N–H and O–H groups in total. The normalized spacial score (nSPS) is 21.7. The maximum atomic E-state index is 12.7. The van der Waals surface area contributed by atoms with Crippen molar-refractivity contribution in [3.8, 4) is 0 Å². The highest BCUT2D eigenvalue weighted by Crippen LogP contribution is 2.44. The number of aromatic nitrogens is 4. The number of nitrogens with two attached hydrogens (primary N) is 1. The summed E-state index contributed by atoms with van der Waals surface area (Å²) in [5.74, 6) is -6.36. The Kier molecular flexibility index (Phi) is 8.54. The molecule has 19 heteroatoms. The second-order valence-electron chi connectivity index (χ2n) is 7.30. The predicted octanol–water partition coefficient (Wildman–Crippen LogP) is -1.02. The Morgan fingerprint density at radius 1 is 1.43 bits per heavy atom. The van der Waals surface area contributed by atoms with Crippen molar-refractivity contribution in [1.82, 2.24) is 30.8 Å². The number of carbonyl (C=O) groups excluding carboxylic acids is 3. The Labute approximate surface area is 206 Å². The summed E-state index contributed by atoms with van der Waals surface area (Å²) in [6.45, 7) is 0. The molecule has 3 rings (SSSR count). The van der Waals surface area contributed by atoms with Crippen LogP contribution in [-0.4, -0.2) is 99.0 Å². The number of carboxylic acid groups (broad SMARTS) is 1. The summed E-state index contributed by atoms with van der Waals surface area (Å²) >= 11 is -0.344. The molecule has 1 aromatic rings. The van der Waals surface area contributed by atoms with Crippen molar-refractivity contribution >= 4 is 58.4 Å². The molecular formula is C16H18F3N7O6S3. The number of hydrogen-bond donors (Lipinski definition) is 4. The van der Waals surface area contributed by atoms with Crippen LogP contribution in [0.3, 0.4) is 0 Å². The van der Waals surface area contributed by atoms with Crippen LogP contribution in [0.5, 0.6) is 0 Å². The summed E-state index contributed by atoms with van der Waals surface area (Å²) in [6, 6.07) is -1.19. The largest absolute Gasteiger partial charge is 0.616 e. The van der Waals surface area contributed by atoms with E-state index in [1.807, 2.05) is 0 Å². The molecule has 1 saturated heterocycles. The quantitative estimate of drug-likeness (QED) is 0.147. The van der Waals surface area contributed by atoms with Crippen molar-refractivity contribution in [1.29, 1.82) is 0 Å². The number of thioether (sulfide) groups is 2. The van der Waals surface area contributed by atoms with Crippen LogP contribution in [0.1, 0.15) is 12.8 Å². The number of β-lactam (4-membered cyclic amide) rings is 1. The van der Waals surface area contributed by atoms with E-state index in [9.17, 15) is 42.0 Å². The topological polar surface area (TPSA) is 207 Å². The molecule has 0 aliphatic carbocycles. The highest BCUT2D eigenvalue weighted by Gasteiger charge is 2.55. The first-order chi connectivity index (χ1) is 16.4. The zero-order chi connectivity index (χ0) is 25.9. The molecule has 0 radical (unpaired) electrons. The number of amides is 3. The molecule has 0 bridgehead atoms. The summed E-state index contributed by atoms with van der Waals surface area (Å²) in [4.78, 5) is 49.2. The van der Waals surface area contributed by atoms with Gasteiger partial charge in [-0.2, -0.15) is 13.2 Å². The fourth-order valence-corrected chi connectivity index (χ4v) is 6.79. The minimum Gasteiger partial charge on any atom is -0.616 e. The number of nitrogens with one attached hydrogen (secondary N) is 2. The van der Waals surface area contributed by atoms with Gasteiger partial charge in [0, 0.05) is 17.4 Å². The lowest BCUT2D eigenvalue weighted by molar-refractivity contribution is -0.150. The molecule has 2 aliphatic heterocycles. The molecule has 2 aliphatic rings. The van der Waals surface area contributed by atoms with Crippen molar-refractivity contribution in [2.45, 2.75) is 40.8 Å². The highest BCUT2D eigenvalue weighted by atomic mass is 32.2.